The summed E-state index contributed by atoms with van der Waals surface area (Å²) in [5, 5.41) is 1.19. The number of nitrogens with two attached hydrogens (primary N) is 1. The number of para-hydroxylation sites is 1. The molecule has 0 fully saturated rings. The minimum absolute atomic E-state index is 0.527. The zero-order valence-electron chi connectivity index (χ0n) is 14.6. The molecule has 130 valence electrons. The molecule has 0 saturated heterocycles. The van der Waals surface area contributed by atoms with E-state index in [1.165, 1.54) is 16.5 Å². The Kier molecular flexibility index (Phi) is 4.71. The first-order chi connectivity index (χ1) is 12.8. The first kappa shape index (κ1) is 16.4. The van der Waals surface area contributed by atoms with Crippen LogP contribution in [0.25, 0.3) is 22.0 Å². The fourth-order valence-corrected chi connectivity index (χ4v) is 3.27. The van der Waals surface area contributed by atoms with Gasteiger partial charge in [0, 0.05) is 16.5 Å². The summed E-state index contributed by atoms with van der Waals surface area (Å²) in [7, 11) is 0. The molecule has 0 radical (unpaired) electrons. The van der Waals surface area contributed by atoms with Crippen molar-refractivity contribution in [3.63, 3.8) is 0 Å². The third-order valence-electron chi connectivity index (χ3n) is 4.61. The van der Waals surface area contributed by atoms with Crippen LogP contribution in [0, 0.1) is 0 Å². The van der Waals surface area contributed by atoms with Gasteiger partial charge in [-0.3, -0.25) is 0 Å². The van der Waals surface area contributed by atoms with Crippen molar-refractivity contribution < 1.29 is 4.74 Å². The monoisotopic (exact) mass is 342 g/mol. The number of aromatic nitrogens is 1. The first-order valence-electron chi connectivity index (χ1n) is 8.92. The maximum Gasteiger partial charge on any atom is 0.195 e. The SMILES string of the molecule is NCCc1c(OCc2ccc(-c3ccccc3)cc2)[nH]c2ccccc12. The predicted molar refractivity (Wildman–Crippen MR) is 107 cm³/mol. The first-order valence-corrected chi connectivity index (χ1v) is 8.92. The number of benzene rings is 3. The van der Waals surface area contributed by atoms with Crippen molar-refractivity contribution in [1.29, 1.82) is 0 Å². The van der Waals surface area contributed by atoms with Crippen LogP contribution < -0.4 is 10.5 Å². The average Bonchev–Trinajstić information content (AvgIpc) is 3.05. The standard InChI is InChI=1S/C23H22N2O/c24-15-14-21-20-8-4-5-9-22(20)25-23(21)26-16-17-10-12-19(13-11-17)18-6-2-1-3-7-18/h1-13,25H,14-16,24H2. The zero-order valence-corrected chi connectivity index (χ0v) is 14.6. The van der Waals surface area contributed by atoms with Gasteiger partial charge in [0.15, 0.2) is 5.88 Å². The van der Waals surface area contributed by atoms with Crippen molar-refractivity contribution in [3.8, 4) is 17.0 Å². The molecule has 0 spiro atoms. The summed E-state index contributed by atoms with van der Waals surface area (Å²) in [5.41, 5.74) is 11.6. The van der Waals surface area contributed by atoms with Crippen LogP contribution in [-0.2, 0) is 13.0 Å². The molecule has 3 nitrogen and oxygen atoms in total. The highest BCUT2D eigenvalue weighted by molar-refractivity contribution is 5.85. The van der Waals surface area contributed by atoms with Gasteiger partial charge in [0.25, 0.3) is 0 Å². The van der Waals surface area contributed by atoms with Gasteiger partial charge in [-0.2, -0.15) is 0 Å². The van der Waals surface area contributed by atoms with Crippen molar-refractivity contribution in [2.24, 2.45) is 5.73 Å². The molecule has 26 heavy (non-hydrogen) atoms. The molecule has 0 atom stereocenters. The van der Waals surface area contributed by atoms with Gasteiger partial charge in [-0.25, -0.2) is 0 Å². The number of aromatic amines is 1. The number of H-pyrrole nitrogens is 1. The van der Waals surface area contributed by atoms with Crippen LogP contribution in [0.1, 0.15) is 11.1 Å². The van der Waals surface area contributed by atoms with Crippen molar-refractivity contribution in [2.45, 2.75) is 13.0 Å². The van der Waals surface area contributed by atoms with Gasteiger partial charge in [-0.15, -0.1) is 0 Å². The molecule has 1 aromatic heterocycles. The minimum Gasteiger partial charge on any atom is -0.474 e. The van der Waals surface area contributed by atoms with Gasteiger partial charge in [-0.1, -0.05) is 72.8 Å². The van der Waals surface area contributed by atoms with E-state index in [2.05, 4.69) is 65.6 Å². The molecule has 3 N–H and O–H groups in total. The van der Waals surface area contributed by atoms with Gasteiger partial charge in [0.2, 0.25) is 0 Å². The largest absolute Gasteiger partial charge is 0.474 e. The lowest BCUT2D eigenvalue weighted by Gasteiger charge is -2.08. The van der Waals surface area contributed by atoms with Crippen LogP contribution >= 0.6 is 0 Å². The minimum atomic E-state index is 0.527. The Morgan fingerprint density at radius 2 is 1.46 bits per heavy atom. The maximum atomic E-state index is 6.10. The number of hydrogen-bond acceptors (Lipinski definition) is 2. The molecule has 4 rings (SSSR count). The third-order valence-corrected chi connectivity index (χ3v) is 4.61. The Bertz CT molecular complexity index is 988. The highest BCUT2D eigenvalue weighted by atomic mass is 16.5. The summed E-state index contributed by atoms with van der Waals surface area (Å²) >= 11 is 0. The quantitative estimate of drug-likeness (QED) is 0.523. The molecule has 4 aromatic rings. The van der Waals surface area contributed by atoms with Crippen LogP contribution in [0.2, 0.25) is 0 Å². The zero-order chi connectivity index (χ0) is 17.8. The van der Waals surface area contributed by atoms with Crippen LogP contribution in [0.15, 0.2) is 78.9 Å². The number of nitrogens with one attached hydrogen (secondary N) is 1. The van der Waals surface area contributed by atoms with Gasteiger partial charge < -0.3 is 15.5 Å². The second-order valence-electron chi connectivity index (χ2n) is 6.37. The summed E-state index contributed by atoms with van der Waals surface area (Å²) in [6.07, 6.45) is 0.798. The number of hydrogen-bond donors (Lipinski definition) is 2. The van der Waals surface area contributed by atoms with Crippen molar-refractivity contribution >= 4 is 10.9 Å². The van der Waals surface area contributed by atoms with E-state index in [0.29, 0.717) is 13.2 Å². The summed E-state index contributed by atoms with van der Waals surface area (Å²) in [6.45, 7) is 1.13. The van der Waals surface area contributed by atoms with E-state index in [-0.39, 0.29) is 0 Å². The molecule has 0 aliphatic rings. The molecule has 0 aliphatic carbocycles. The lowest BCUT2D eigenvalue weighted by molar-refractivity contribution is 0.293. The van der Waals surface area contributed by atoms with Gasteiger partial charge in [-0.05, 0) is 35.7 Å². The number of rotatable bonds is 6. The number of fused-ring (bicyclic) bond motifs is 1. The molecule has 0 saturated carbocycles. The summed E-state index contributed by atoms with van der Waals surface area (Å²) in [6, 6.07) is 27.1. The van der Waals surface area contributed by atoms with Crippen molar-refractivity contribution in [3.05, 3.63) is 90.0 Å². The van der Waals surface area contributed by atoms with Crippen molar-refractivity contribution in [1.82, 2.24) is 4.98 Å². The Labute approximate surface area is 153 Å². The summed E-state index contributed by atoms with van der Waals surface area (Å²) < 4.78 is 6.10. The molecule has 0 bridgehead atoms. The van der Waals surface area contributed by atoms with Crippen LogP contribution in [0.3, 0.4) is 0 Å². The van der Waals surface area contributed by atoms with E-state index in [1.54, 1.807) is 0 Å². The second kappa shape index (κ2) is 7.46. The Hall–Kier alpha value is -3.04. The summed E-state index contributed by atoms with van der Waals surface area (Å²) in [5.74, 6) is 0.823. The number of ether oxygens (including phenoxy) is 1. The third kappa shape index (κ3) is 3.35. The van der Waals surface area contributed by atoms with Gasteiger partial charge >= 0.3 is 0 Å². The Morgan fingerprint density at radius 1 is 0.769 bits per heavy atom. The molecule has 3 aromatic carbocycles. The highest BCUT2D eigenvalue weighted by Crippen LogP contribution is 2.29. The van der Waals surface area contributed by atoms with E-state index in [0.717, 1.165) is 28.9 Å². The Morgan fingerprint density at radius 3 is 2.23 bits per heavy atom. The van der Waals surface area contributed by atoms with E-state index < -0.39 is 0 Å². The van der Waals surface area contributed by atoms with E-state index in [1.807, 2.05) is 18.2 Å². The van der Waals surface area contributed by atoms with Crippen LogP contribution in [-0.4, -0.2) is 11.5 Å². The topological polar surface area (TPSA) is 51.0 Å². The predicted octanol–water partition coefficient (Wildman–Crippen LogP) is 4.92. The summed E-state index contributed by atoms with van der Waals surface area (Å²) in [4.78, 5) is 3.38. The molecular formula is C23H22N2O. The van der Waals surface area contributed by atoms with E-state index >= 15 is 0 Å². The average molecular weight is 342 g/mol. The lowest BCUT2D eigenvalue weighted by atomic mass is 10.0. The molecule has 0 aliphatic heterocycles. The molecule has 1 heterocycles. The smallest absolute Gasteiger partial charge is 0.195 e. The fraction of sp³-hybridized carbons (Fsp3) is 0.130. The van der Waals surface area contributed by atoms with E-state index in [4.69, 9.17) is 10.5 Å². The molecule has 0 unspecified atom stereocenters. The highest BCUT2D eigenvalue weighted by Gasteiger charge is 2.12. The fourth-order valence-electron chi connectivity index (χ4n) is 3.27. The molecular weight excluding hydrogens is 320 g/mol. The van der Waals surface area contributed by atoms with Crippen molar-refractivity contribution in [2.75, 3.05) is 6.54 Å². The lowest BCUT2D eigenvalue weighted by Crippen LogP contribution is -2.04. The van der Waals surface area contributed by atoms with Crippen LogP contribution in [0.4, 0.5) is 0 Å². The second-order valence-corrected chi connectivity index (χ2v) is 6.37. The Balaban J connectivity index is 1.52. The maximum absolute atomic E-state index is 6.10. The van der Waals surface area contributed by atoms with E-state index in [9.17, 15) is 0 Å². The molecule has 0 amide bonds. The normalized spacial score (nSPS) is 11.0. The van der Waals surface area contributed by atoms with Gasteiger partial charge in [0.1, 0.15) is 6.61 Å². The van der Waals surface area contributed by atoms with Crippen LogP contribution in [0.5, 0.6) is 5.88 Å². The van der Waals surface area contributed by atoms with Gasteiger partial charge in [0.05, 0.1) is 0 Å². The molecule has 3 heteroatoms.